The molecule has 0 radical (unpaired) electrons. The number of nitrogens with zero attached hydrogens (tertiary/aromatic N) is 1. The van der Waals surface area contributed by atoms with Gasteiger partial charge in [0.2, 0.25) is 0 Å². The van der Waals surface area contributed by atoms with Gasteiger partial charge in [0.1, 0.15) is 17.4 Å². The van der Waals surface area contributed by atoms with Crippen LogP contribution < -0.4 is 21.1 Å². The minimum absolute atomic E-state index is 0.190. The minimum atomic E-state index is -0.642. The van der Waals surface area contributed by atoms with E-state index < -0.39 is 5.91 Å². The number of anilines is 4. The van der Waals surface area contributed by atoms with Gasteiger partial charge in [-0.3, -0.25) is 4.79 Å². The Hall–Kier alpha value is -3.61. The summed E-state index contributed by atoms with van der Waals surface area (Å²) in [6.07, 6.45) is 1.56. The van der Waals surface area contributed by atoms with E-state index in [-0.39, 0.29) is 17.2 Å². The van der Waals surface area contributed by atoms with Gasteiger partial charge in [-0.15, -0.1) is 0 Å². The van der Waals surface area contributed by atoms with Crippen LogP contribution in [0.5, 0.6) is 5.75 Å². The van der Waals surface area contributed by atoms with Crippen LogP contribution in [0.1, 0.15) is 15.9 Å². The standard InChI is InChI=1S/C20H19FN4O2/c1-12-7-13(21)9-15(8-12)25-20-18(19(22)26)10-16(11-23-20)24-14-3-5-17(27-2)6-4-14/h3-11,24H,1-2H3,(H2,22,26)(H,23,25). The van der Waals surface area contributed by atoms with Crippen LogP contribution in [-0.2, 0) is 0 Å². The van der Waals surface area contributed by atoms with Crippen molar-refractivity contribution < 1.29 is 13.9 Å². The summed E-state index contributed by atoms with van der Waals surface area (Å²) in [6.45, 7) is 1.78. The zero-order chi connectivity index (χ0) is 19.4. The lowest BCUT2D eigenvalue weighted by Crippen LogP contribution is -2.15. The fourth-order valence-corrected chi connectivity index (χ4v) is 2.61. The molecule has 1 amide bonds. The van der Waals surface area contributed by atoms with Crippen LogP contribution >= 0.6 is 0 Å². The number of nitrogens with one attached hydrogen (secondary N) is 2. The van der Waals surface area contributed by atoms with Crippen molar-refractivity contribution in [3.63, 3.8) is 0 Å². The van der Waals surface area contributed by atoms with Gasteiger partial charge in [-0.1, -0.05) is 0 Å². The van der Waals surface area contributed by atoms with Crippen molar-refractivity contribution in [3.05, 3.63) is 71.7 Å². The SMILES string of the molecule is COc1ccc(Nc2cnc(Nc3cc(C)cc(F)c3)c(C(N)=O)c2)cc1. The number of benzene rings is 2. The molecule has 0 bridgehead atoms. The van der Waals surface area contributed by atoms with Crippen molar-refractivity contribution in [1.82, 2.24) is 4.98 Å². The van der Waals surface area contributed by atoms with Crippen LogP contribution in [0, 0.1) is 12.7 Å². The minimum Gasteiger partial charge on any atom is -0.497 e. The van der Waals surface area contributed by atoms with E-state index in [0.29, 0.717) is 11.4 Å². The van der Waals surface area contributed by atoms with Crippen molar-refractivity contribution in [2.45, 2.75) is 6.92 Å². The molecule has 138 valence electrons. The van der Waals surface area contributed by atoms with Gasteiger partial charge >= 0.3 is 0 Å². The Morgan fingerprint density at radius 2 is 1.78 bits per heavy atom. The third-order valence-electron chi connectivity index (χ3n) is 3.84. The third kappa shape index (κ3) is 4.52. The van der Waals surface area contributed by atoms with Crippen LogP contribution in [0.15, 0.2) is 54.7 Å². The molecule has 0 aliphatic carbocycles. The first-order chi connectivity index (χ1) is 12.9. The molecule has 0 atom stereocenters. The molecule has 0 aliphatic heterocycles. The van der Waals surface area contributed by atoms with Crippen LogP contribution in [0.4, 0.5) is 27.3 Å². The monoisotopic (exact) mass is 366 g/mol. The molecule has 6 nitrogen and oxygen atoms in total. The van der Waals surface area contributed by atoms with Gasteiger partial charge in [0.25, 0.3) is 5.91 Å². The average Bonchev–Trinajstić information content (AvgIpc) is 2.62. The molecule has 0 saturated carbocycles. The Morgan fingerprint density at radius 1 is 1.04 bits per heavy atom. The molecule has 3 aromatic rings. The molecule has 1 heterocycles. The zero-order valence-electron chi connectivity index (χ0n) is 14.9. The van der Waals surface area contributed by atoms with Crippen LogP contribution in [-0.4, -0.2) is 18.0 Å². The van der Waals surface area contributed by atoms with E-state index in [1.165, 1.54) is 12.1 Å². The summed E-state index contributed by atoms with van der Waals surface area (Å²) in [7, 11) is 1.59. The highest BCUT2D eigenvalue weighted by molar-refractivity contribution is 5.99. The molecular formula is C20H19FN4O2. The van der Waals surface area contributed by atoms with Gasteiger partial charge in [-0.25, -0.2) is 9.37 Å². The number of amides is 1. The molecule has 0 fully saturated rings. The molecule has 0 unspecified atom stereocenters. The number of ether oxygens (including phenoxy) is 1. The molecule has 0 spiro atoms. The number of nitrogens with two attached hydrogens (primary N) is 1. The predicted octanol–water partition coefficient (Wildman–Crippen LogP) is 4.12. The van der Waals surface area contributed by atoms with Gasteiger partial charge < -0.3 is 21.1 Å². The summed E-state index contributed by atoms with van der Waals surface area (Å²) in [5.41, 5.74) is 8.30. The maximum absolute atomic E-state index is 13.6. The molecule has 2 aromatic carbocycles. The lowest BCUT2D eigenvalue weighted by atomic mass is 10.2. The Balaban J connectivity index is 1.86. The number of methoxy groups -OCH3 is 1. The summed E-state index contributed by atoms with van der Waals surface area (Å²) in [6, 6.07) is 13.4. The molecule has 0 aliphatic rings. The number of carbonyl (C=O) groups excluding carboxylic acids is 1. The molecule has 1 aromatic heterocycles. The van der Waals surface area contributed by atoms with Crippen LogP contribution in [0.2, 0.25) is 0 Å². The summed E-state index contributed by atoms with van der Waals surface area (Å²) in [5, 5.41) is 6.09. The van der Waals surface area contributed by atoms with E-state index in [9.17, 15) is 9.18 Å². The van der Waals surface area contributed by atoms with Crippen LogP contribution in [0.25, 0.3) is 0 Å². The fourth-order valence-electron chi connectivity index (χ4n) is 2.61. The van der Waals surface area contributed by atoms with Gasteiger partial charge in [0.05, 0.1) is 24.6 Å². The Bertz CT molecular complexity index is 954. The second-order valence-corrected chi connectivity index (χ2v) is 5.98. The summed E-state index contributed by atoms with van der Waals surface area (Å²) in [4.78, 5) is 16.1. The van der Waals surface area contributed by atoms with Gasteiger partial charge in [0.15, 0.2) is 0 Å². The highest BCUT2D eigenvalue weighted by Gasteiger charge is 2.12. The second-order valence-electron chi connectivity index (χ2n) is 5.98. The van der Waals surface area contributed by atoms with E-state index in [1.807, 2.05) is 24.3 Å². The number of primary amides is 1. The van der Waals surface area contributed by atoms with E-state index in [0.717, 1.165) is 17.0 Å². The lowest BCUT2D eigenvalue weighted by molar-refractivity contribution is 0.100. The molecule has 7 heteroatoms. The predicted molar refractivity (Wildman–Crippen MR) is 103 cm³/mol. The smallest absolute Gasteiger partial charge is 0.252 e. The average molecular weight is 366 g/mol. The normalized spacial score (nSPS) is 10.3. The van der Waals surface area contributed by atoms with Crippen LogP contribution in [0.3, 0.4) is 0 Å². The zero-order valence-corrected chi connectivity index (χ0v) is 14.9. The topological polar surface area (TPSA) is 89.3 Å². The number of halogens is 1. The van der Waals surface area contributed by atoms with Crippen molar-refractivity contribution in [2.24, 2.45) is 5.73 Å². The number of aromatic nitrogens is 1. The Morgan fingerprint density at radius 3 is 2.41 bits per heavy atom. The quantitative estimate of drug-likeness (QED) is 0.610. The molecular weight excluding hydrogens is 347 g/mol. The molecule has 0 saturated heterocycles. The number of carbonyl (C=O) groups is 1. The van der Waals surface area contributed by atoms with E-state index in [4.69, 9.17) is 10.5 Å². The van der Waals surface area contributed by atoms with Gasteiger partial charge in [-0.05, 0) is 61.0 Å². The summed E-state index contributed by atoms with van der Waals surface area (Å²) < 4.78 is 18.7. The van der Waals surface area contributed by atoms with Crippen molar-refractivity contribution >= 4 is 28.8 Å². The maximum atomic E-state index is 13.6. The van der Waals surface area contributed by atoms with Crippen molar-refractivity contribution in [3.8, 4) is 5.75 Å². The number of rotatable bonds is 6. The molecule has 3 rings (SSSR count). The third-order valence-corrected chi connectivity index (χ3v) is 3.84. The number of pyridine rings is 1. The van der Waals surface area contributed by atoms with Gasteiger partial charge in [-0.2, -0.15) is 0 Å². The maximum Gasteiger partial charge on any atom is 0.252 e. The van der Waals surface area contributed by atoms with E-state index in [1.54, 1.807) is 32.4 Å². The fraction of sp³-hybridized carbons (Fsp3) is 0.100. The number of aryl methyl sites for hydroxylation is 1. The highest BCUT2D eigenvalue weighted by Crippen LogP contribution is 2.25. The van der Waals surface area contributed by atoms with Crippen molar-refractivity contribution in [2.75, 3.05) is 17.7 Å². The first-order valence-corrected chi connectivity index (χ1v) is 8.20. The first-order valence-electron chi connectivity index (χ1n) is 8.20. The highest BCUT2D eigenvalue weighted by atomic mass is 19.1. The van der Waals surface area contributed by atoms with E-state index in [2.05, 4.69) is 15.6 Å². The molecule has 4 N–H and O–H groups in total. The lowest BCUT2D eigenvalue weighted by Gasteiger charge is -2.13. The Kier molecular flexibility index (Phi) is 5.21. The number of hydrogen-bond donors (Lipinski definition) is 3. The van der Waals surface area contributed by atoms with Crippen molar-refractivity contribution in [1.29, 1.82) is 0 Å². The number of hydrogen-bond acceptors (Lipinski definition) is 5. The summed E-state index contributed by atoms with van der Waals surface area (Å²) >= 11 is 0. The summed E-state index contributed by atoms with van der Waals surface area (Å²) in [5.74, 6) is -0.0263. The first kappa shape index (κ1) is 18.2. The largest absolute Gasteiger partial charge is 0.497 e. The van der Waals surface area contributed by atoms with Gasteiger partial charge in [0, 0.05) is 11.4 Å². The molecule has 27 heavy (non-hydrogen) atoms. The Labute approximate surface area is 156 Å². The van der Waals surface area contributed by atoms with E-state index >= 15 is 0 Å². The second kappa shape index (κ2) is 7.74.